The second kappa shape index (κ2) is 7.27. The van der Waals surface area contributed by atoms with Gasteiger partial charge in [0.15, 0.2) is 0 Å². The first-order chi connectivity index (χ1) is 10.5. The summed E-state index contributed by atoms with van der Waals surface area (Å²) in [6.45, 7) is 6.29. The van der Waals surface area contributed by atoms with E-state index in [-0.39, 0.29) is 12.1 Å². The number of ether oxygens (including phenoxy) is 2. The van der Waals surface area contributed by atoms with Gasteiger partial charge in [0, 0.05) is 10.9 Å². The lowest BCUT2D eigenvalue weighted by Crippen LogP contribution is -2.38. The molecule has 0 amide bonds. The van der Waals surface area contributed by atoms with Crippen LogP contribution < -0.4 is 0 Å². The van der Waals surface area contributed by atoms with E-state index in [4.69, 9.17) is 19.5 Å². The average molecular weight is 367 g/mol. The molecule has 0 fully saturated rings. The first-order valence-electron chi connectivity index (χ1n) is 7.44. The van der Waals surface area contributed by atoms with Crippen molar-refractivity contribution in [1.82, 2.24) is 0 Å². The van der Waals surface area contributed by atoms with Crippen molar-refractivity contribution in [2.75, 3.05) is 14.2 Å². The molecule has 1 heterocycles. The minimum atomic E-state index is -0.129. The van der Waals surface area contributed by atoms with Crippen LogP contribution in [0.25, 0.3) is 0 Å². The molecule has 120 valence electrons. The molecule has 2 atom stereocenters. The maximum Gasteiger partial charge on any atom is 0.209 e. The molecule has 22 heavy (non-hydrogen) atoms. The van der Waals surface area contributed by atoms with Gasteiger partial charge in [-0.3, -0.25) is 0 Å². The molecule has 0 bridgehead atoms. The fourth-order valence-electron chi connectivity index (χ4n) is 2.55. The Bertz CT molecular complexity index is 596. The van der Waals surface area contributed by atoms with Gasteiger partial charge in [-0.15, -0.1) is 0 Å². The quantitative estimate of drug-likeness (QED) is 0.816. The molecule has 1 aromatic rings. The van der Waals surface area contributed by atoms with Gasteiger partial charge in [0.25, 0.3) is 0 Å². The molecule has 2 rings (SSSR count). The van der Waals surface area contributed by atoms with Crippen LogP contribution in [-0.2, 0) is 15.9 Å². The van der Waals surface area contributed by atoms with E-state index < -0.39 is 0 Å². The smallest absolute Gasteiger partial charge is 0.209 e. The first kappa shape index (κ1) is 17.0. The molecular formula is C17H23BrN2O2. The highest BCUT2D eigenvalue weighted by atomic mass is 79.9. The first-order valence-corrected chi connectivity index (χ1v) is 8.24. The van der Waals surface area contributed by atoms with Gasteiger partial charge >= 0.3 is 0 Å². The van der Waals surface area contributed by atoms with E-state index in [9.17, 15) is 0 Å². The van der Waals surface area contributed by atoms with Gasteiger partial charge in [0.05, 0.1) is 14.2 Å². The van der Waals surface area contributed by atoms with Crippen LogP contribution in [-0.4, -0.2) is 38.1 Å². The van der Waals surface area contributed by atoms with E-state index >= 15 is 0 Å². The van der Waals surface area contributed by atoms with Gasteiger partial charge < -0.3 is 9.47 Å². The third kappa shape index (κ3) is 3.69. The average Bonchev–Trinajstić information content (AvgIpc) is 2.50. The number of methoxy groups -OCH3 is 2. The minimum absolute atomic E-state index is 0.0668. The van der Waals surface area contributed by atoms with Crippen LogP contribution in [0, 0.1) is 12.8 Å². The summed E-state index contributed by atoms with van der Waals surface area (Å²) in [6.07, 6.45) is 0.748. The molecule has 0 saturated heterocycles. The van der Waals surface area contributed by atoms with Crippen molar-refractivity contribution in [2.24, 2.45) is 15.9 Å². The van der Waals surface area contributed by atoms with Crippen LogP contribution >= 0.6 is 15.9 Å². The predicted octanol–water partition coefficient (Wildman–Crippen LogP) is 3.80. The molecule has 1 aliphatic heterocycles. The van der Waals surface area contributed by atoms with Gasteiger partial charge in [0.1, 0.15) is 12.1 Å². The lowest BCUT2D eigenvalue weighted by Gasteiger charge is -2.27. The summed E-state index contributed by atoms with van der Waals surface area (Å²) in [5.41, 5.74) is 2.41. The number of hydrogen-bond acceptors (Lipinski definition) is 4. The van der Waals surface area contributed by atoms with E-state index in [1.165, 1.54) is 11.1 Å². The molecule has 0 radical (unpaired) electrons. The molecule has 0 aliphatic carbocycles. The van der Waals surface area contributed by atoms with Crippen LogP contribution in [0.2, 0.25) is 0 Å². The number of hydrogen-bond donors (Lipinski definition) is 0. The highest BCUT2D eigenvalue weighted by molar-refractivity contribution is 9.10. The highest BCUT2D eigenvalue weighted by Crippen LogP contribution is 2.22. The minimum Gasteiger partial charge on any atom is -0.483 e. The summed E-state index contributed by atoms with van der Waals surface area (Å²) in [5, 5.41) is 0. The van der Waals surface area contributed by atoms with E-state index in [1.54, 1.807) is 14.2 Å². The van der Waals surface area contributed by atoms with Gasteiger partial charge in [0.2, 0.25) is 11.8 Å². The monoisotopic (exact) mass is 366 g/mol. The topological polar surface area (TPSA) is 43.2 Å². The highest BCUT2D eigenvalue weighted by Gasteiger charge is 2.30. The number of aryl methyl sites for hydroxylation is 1. The Labute approximate surface area is 140 Å². The van der Waals surface area contributed by atoms with Crippen molar-refractivity contribution in [3.8, 4) is 0 Å². The van der Waals surface area contributed by atoms with Crippen LogP contribution in [0.1, 0.15) is 25.0 Å². The van der Waals surface area contributed by atoms with Crippen LogP contribution in [0.3, 0.4) is 0 Å². The zero-order chi connectivity index (χ0) is 16.3. The molecule has 1 aromatic carbocycles. The maximum atomic E-state index is 5.48. The Kier molecular flexibility index (Phi) is 5.62. The Morgan fingerprint density at radius 1 is 1.14 bits per heavy atom. The van der Waals surface area contributed by atoms with Gasteiger partial charge in [-0.05, 0) is 30.0 Å². The molecular weight excluding hydrogens is 344 g/mol. The van der Waals surface area contributed by atoms with Crippen LogP contribution in [0.5, 0.6) is 0 Å². The summed E-state index contributed by atoms with van der Waals surface area (Å²) in [5.74, 6) is 1.69. The van der Waals surface area contributed by atoms with Crippen molar-refractivity contribution in [2.45, 2.75) is 39.3 Å². The summed E-state index contributed by atoms with van der Waals surface area (Å²) < 4.78 is 12.0. The lowest BCUT2D eigenvalue weighted by molar-refractivity contribution is 0.332. The summed E-state index contributed by atoms with van der Waals surface area (Å²) >= 11 is 3.53. The molecule has 4 nitrogen and oxygen atoms in total. The Balaban J connectivity index is 2.27. The zero-order valence-corrected chi connectivity index (χ0v) is 15.3. The van der Waals surface area contributed by atoms with Gasteiger partial charge in [-0.2, -0.15) is 0 Å². The predicted molar refractivity (Wildman–Crippen MR) is 93.9 cm³/mol. The number of aliphatic imine (C=N–C) groups is 2. The zero-order valence-electron chi connectivity index (χ0n) is 13.8. The third-order valence-corrected chi connectivity index (χ3v) is 4.68. The Morgan fingerprint density at radius 2 is 1.82 bits per heavy atom. The molecule has 0 N–H and O–H groups in total. The number of rotatable bonds is 3. The van der Waals surface area contributed by atoms with E-state index in [1.807, 2.05) is 0 Å². The third-order valence-electron chi connectivity index (χ3n) is 3.79. The van der Waals surface area contributed by atoms with Gasteiger partial charge in [-0.1, -0.05) is 41.9 Å². The number of nitrogens with zero attached hydrogens (tertiary/aromatic N) is 2. The van der Waals surface area contributed by atoms with Crippen molar-refractivity contribution in [1.29, 1.82) is 0 Å². The number of benzene rings is 1. The second-order valence-corrected chi connectivity index (χ2v) is 6.69. The molecule has 5 heteroatoms. The molecule has 1 aliphatic rings. The normalized spacial score (nSPS) is 21.4. The van der Waals surface area contributed by atoms with Crippen LogP contribution in [0.15, 0.2) is 32.7 Å². The lowest BCUT2D eigenvalue weighted by atomic mass is 10.00. The van der Waals surface area contributed by atoms with Gasteiger partial charge in [-0.25, -0.2) is 9.98 Å². The SMILES string of the molecule is COC1=N[C@H](C(C)C)C(OC)=N[C@H]1Cc1ccc(Br)c(C)c1. The molecule has 0 aromatic heterocycles. The molecule has 0 spiro atoms. The van der Waals surface area contributed by atoms with Crippen molar-refractivity contribution >= 4 is 27.7 Å². The summed E-state index contributed by atoms with van der Waals surface area (Å²) in [7, 11) is 3.31. The van der Waals surface area contributed by atoms with Crippen molar-refractivity contribution in [3.63, 3.8) is 0 Å². The van der Waals surface area contributed by atoms with E-state index in [0.717, 1.165) is 10.9 Å². The molecule has 0 unspecified atom stereocenters. The summed E-state index contributed by atoms with van der Waals surface area (Å²) in [6, 6.07) is 6.13. The maximum absolute atomic E-state index is 5.48. The Hall–Kier alpha value is -1.36. The fourth-order valence-corrected chi connectivity index (χ4v) is 2.80. The molecule has 0 saturated carbocycles. The van der Waals surface area contributed by atoms with E-state index in [2.05, 4.69) is 54.9 Å². The van der Waals surface area contributed by atoms with Crippen LogP contribution in [0.4, 0.5) is 0 Å². The van der Waals surface area contributed by atoms with Crippen molar-refractivity contribution < 1.29 is 9.47 Å². The van der Waals surface area contributed by atoms with Crippen molar-refractivity contribution in [3.05, 3.63) is 33.8 Å². The Morgan fingerprint density at radius 3 is 2.36 bits per heavy atom. The van der Waals surface area contributed by atoms with E-state index in [0.29, 0.717) is 17.7 Å². The standard InChI is InChI=1S/C17H23BrN2O2/c1-10(2)15-17(22-5)19-14(16(20-15)21-4)9-12-6-7-13(18)11(3)8-12/h6-8,10,14-15H,9H2,1-5H3/t14-,15+/m0/s1. The second-order valence-electron chi connectivity index (χ2n) is 5.84. The fraction of sp³-hybridized carbons (Fsp3) is 0.529. The number of halogens is 1. The summed E-state index contributed by atoms with van der Waals surface area (Å²) in [4.78, 5) is 9.43. The largest absolute Gasteiger partial charge is 0.483 e.